The highest BCUT2D eigenvalue weighted by Gasteiger charge is 2.05. The van der Waals surface area contributed by atoms with Crippen LogP contribution in [0.4, 0.5) is 0 Å². The van der Waals surface area contributed by atoms with Gasteiger partial charge in [0.15, 0.2) is 0 Å². The topological polar surface area (TPSA) is 61.0 Å². The maximum absolute atomic E-state index is 5.83. The van der Waals surface area contributed by atoms with Crippen molar-refractivity contribution < 1.29 is 4.74 Å². The first-order valence-electron chi connectivity index (χ1n) is 4.84. The Kier molecular flexibility index (Phi) is 3.93. The van der Waals surface area contributed by atoms with Gasteiger partial charge in [0.2, 0.25) is 0 Å². The van der Waals surface area contributed by atoms with Gasteiger partial charge in [-0.05, 0) is 40.2 Å². The first kappa shape index (κ1) is 12.3. The van der Waals surface area contributed by atoms with Crippen LogP contribution in [0, 0.1) is 0 Å². The second kappa shape index (κ2) is 5.44. The molecule has 0 saturated carbocycles. The predicted octanol–water partition coefficient (Wildman–Crippen LogP) is 3.14. The van der Waals surface area contributed by atoms with Crippen LogP contribution in [-0.4, -0.2) is 9.97 Å². The van der Waals surface area contributed by atoms with Gasteiger partial charge in [-0.15, -0.1) is 0 Å². The molecule has 2 rings (SSSR count). The average molecular weight is 315 g/mol. The fourth-order valence-corrected chi connectivity index (χ4v) is 1.96. The molecule has 0 radical (unpaired) electrons. The fourth-order valence-electron chi connectivity index (χ4n) is 1.20. The Bertz CT molecular complexity index is 536. The zero-order valence-corrected chi connectivity index (χ0v) is 11.1. The van der Waals surface area contributed by atoms with Crippen molar-refractivity contribution in [2.75, 3.05) is 0 Å². The Balaban J connectivity index is 2.25. The van der Waals surface area contributed by atoms with Crippen molar-refractivity contribution in [1.29, 1.82) is 0 Å². The molecule has 1 aromatic heterocycles. The zero-order chi connectivity index (χ0) is 12.3. The third-order valence-electron chi connectivity index (χ3n) is 2.00. The Hall–Kier alpha value is -1.17. The fraction of sp³-hybridized carbons (Fsp3) is 0.0909. The minimum atomic E-state index is 0.260. The molecule has 0 amide bonds. The van der Waals surface area contributed by atoms with Crippen LogP contribution in [-0.2, 0) is 6.54 Å². The summed E-state index contributed by atoms with van der Waals surface area (Å²) in [5, 5.41) is 0.626. The molecule has 6 heteroatoms. The minimum absolute atomic E-state index is 0.260. The maximum Gasteiger partial charge on any atom is 0.322 e. The highest BCUT2D eigenvalue weighted by Crippen LogP contribution is 2.30. The van der Waals surface area contributed by atoms with Crippen molar-refractivity contribution in [3.63, 3.8) is 0 Å². The third kappa shape index (κ3) is 3.15. The summed E-state index contributed by atoms with van der Waals surface area (Å²) in [5.41, 5.74) is 6.21. The first-order chi connectivity index (χ1) is 8.19. The van der Waals surface area contributed by atoms with E-state index in [1.54, 1.807) is 30.5 Å². The van der Waals surface area contributed by atoms with Gasteiger partial charge in [0.1, 0.15) is 5.75 Å². The molecule has 0 saturated heterocycles. The highest BCUT2D eigenvalue weighted by molar-refractivity contribution is 9.10. The Morgan fingerprint density at radius 1 is 1.35 bits per heavy atom. The van der Waals surface area contributed by atoms with E-state index in [9.17, 15) is 0 Å². The van der Waals surface area contributed by atoms with E-state index in [2.05, 4.69) is 25.9 Å². The Morgan fingerprint density at radius 3 is 2.88 bits per heavy atom. The summed E-state index contributed by atoms with van der Waals surface area (Å²) in [5.74, 6) is 0.601. The smallest absolute Gasteiger partial charge is 0.322 e. The third-order valence-corrected chi connectivity index (χ3v) is 2.85. The molecule has 0 aliphatic heterocycles. The monoisotopic (exact) mass is 313 g/mol. The van der Waals surface area contributed by atoms with E-state index in [-0.39, 0.29) is 6.01 Å². The second-order valence-electron chi connectivity index (χ2n) is 3.21. The summed E-state index contributed by atoms with van der Waals surface area (Å²) in [6, 6.07) is 7.21. The highest BCUT2D eigenvalue weighted by atomic mass is 79.9. The van der Waals surface area contributed by atoms with Crippen molar-refractivity contribution >= 4 is 27.5 Å². The number of hydrogen-bond acceptors (Lipinski definition) is 4. The molecule has 0 spiro atoms. The lowest BCUT2D eigenvalue weighted by atomic mass is 10.3. The molecule has 1 aromatic carbocycles. The molecule has 1 heterocycles. The molecular weight excluding hydrogens is 305 g/mol. The van der Waals surface area contributed by atoms with Gasteiger partial charge < -0.3 is 10.5 Å². The van der Waals surface area contributed by atoms with Gasteiger partial charge in [0.05, 0.1) is 10.2 Å². The van der Waals surface area contributed by atoms with Crippen LogP contribution < -0.4 is 10.5 Å². The molecule has 0 unspecified atom stereocenters. The molecule has 0 atom stereocenters. The van der Waals surface area contributed by atoms with E-state index in [1.807, 2.05) is 0 Å². The summed E-state index contributed by atoms with van der Waals surface area (Å²) < 4.78 is 6.27. The molecule has 0 fully saturated rings. The lowest BCUT2D eigenvalue weighted by molar-refractivity contribution is 0.437. The van der Waals surface area contributed by atoms with Gasteiger partial charge in [-0.2, -0.15) is 4.98 Å². The van der Waals surface area contributed by atoms with Gasteiger partial charge in [0.25, 0.3) is 0 Å². The van der Waals surface area contributed by atoms with Crippen molar-refractivity contribution in [2.24, 2.45) is 5.73 Å². The number of nitrogens with two attached hydrogens (primary N) is 1. The number of hydrogen-bond donors (Lipinski definition) is 1. The quantitative estimate of drug-likeness (QED) is 0.945. The van der Waals surface area contributed by atoms with E-state index in [4.69, 9.17) is 22.1 Å². The summed E-state index contributed by atoms with van der Waals surface area (Å²) in [7, 11) is 0. The van der Waals surface area contributed by atoms with Crippen LogP contribution in [0.1, 0.15) is 5.69 Å². The molecule has 4 nitrogen and oxygen atoms in total. The summed E-state index contributed by atoms with van der Waals surface area (Å²) >= 11 is 9.18. The molecule has 0 aliphatic rings. The number of halogens is 2. The van der Waals surface area contributed by atoms with E-state index in [0.717, 1.165) is 10.2 Å². The number of ether oxygens (including phenoxy) is 1. The minimum Gasteiger partial charge on any atom is -0.423 e. The van der Waals surface area contributed by atoms with E-state index >= 15 is 0 Å². The summed E-state index contributed by atoms with van der Waals surface area (Å²) in [4.78, 5) is 8.14. The number of rotatable bonds is 3. The molecule has 17 heavy (non-hydrogen) atoms. The molecule has 2 N–H and O–H groups in total. The SMILES string of the molecule is NCc1ccnc(Oc2ccc(Cl)cc2Br)n1. The lowest BCUT2D eigenvalue weighted by Gasteiger charge is -2.06. The molecule has 88 valence electrons. The van der Waals surface area contributed by atoms with Crippen molar-refractivity contribution in [3.8, 4) is 11.8 Å². The van der Waals surface area contributed by atoms with E-state index in [0.29, 0.717) is 17.3 Å². The molecular formula is C11H9BrClN3O. The van der Waals surface area contributed by atoms with Crippen molar-refractivity contribution in [3.05, 3.63) is 45.7 Å². The van der Waals surface area contributed by atoms with Gasteiger partial charge in [-0.1, -0.05) is 11.6 Å². The summed E-state index contributed by atoms with van der Waals surface area (Å²) in [6.45, 7) is 0.348. The first-order valence-corrected chi connectivity index (χ1v) is 6.01. The number of aromatic nitrogens is 2. The standard InChI is InChI=1S/C11H9BrClN3O/c12-9-5-7(13)1-2-10(9)17-11-15-4-3-8(6-14)16-11/h1-5H,6,14H2. The van der Waals surface area contributed by atoms with Crippen molar-refractivity contribution in [2.45, 2.75) is 6.54 Å². The molecule has 0 aliphatic carbocycles. The predicted molar refractivity (Wildman–Crippen MR) is 69.1 cm³/mol. The molecule has 0 bridgehead atoms. The van der Waals surface area contributed by atoms with Crippen LogP contribution in [0.25, 0.3) is 0 Å². The van der Waals surface area contributed by atoms with Crippen molar-refractivity contribution in [1.82, 2.24) is 9.97 Å². The number of benzene rings is 1. The van der Waals surface area contributed by atoms with Gasteiger partial charge in [-0.25, -0.2) is 4.98 Å². The Morgan fingerprint density at radius 2 is 2.18 bits per heavy atom. The van der Waals surface area contributed by atoms with Gasteiger partial charge in [0, 0.05) is 17.8 Å². The van der Waals surface area contributed by atoms with E-state index in [1.165, 1.54) is 0 Å². The lowest BCUT2D eigenvalue weighted by Crippen LogP contribution is -2.01. The average Bonchev–Trinajstić information content (AvgIpc) is 2.33. The number of nitrogens with zero attached hydrogens (tertiary/aromatic N) is 2. The maximum atomic E-state index is 5.83. The normalized spacial score (nSPS) is 10.3. The van der Waals surface area contributed by atoms with Crippen LogP contribution >= 0.6 is 27.5 Å². The van der Waals surface area contributed by atoms with Crippen LogP contribution in [0.3, 0.4) is 0 Å². The summed E-state index contributed by atoms with van der Waals surface area (Å²) in [6.07, 6.45) is 1.61. The van der Waals surface area contributed by atoms with Gasteiger partial charge >= 0.3 is 6.01 Å². The zero-order valence-electron chi connectivity index (χ0n) is 8.73. The van der Waals surface area contributed by atoms with Crippen LogP contribution in [0.2, 0.25) is 5.02 Å². The van der Waals surface area contributed by atoms with Crippen LogP contribution in [0.15, 0.2) is 34.9 Å². The molecule has 2 aromatic rings. The largest absolute Gasteiger partial charge is 0.423 e. The van der Waals surface area contributed by atoms with Gasteiger partial charge in [-0.3, -0.25) is 0 Å². The second-order valence-corrected chi connectivity index (χ2v) is 4.50. The van der Waals surface area contributed by atoms with Crippen LogP contribution in [0.5, 0.6) is 11.8 Å². The van der Waals surface area contributed by atoms with E-state index < -0.39 is 0 Å². The Labute approximate surface area is 112 Å².